The standard InChI is InChI=1S/C14H18N4O2/c1-8-4-9(2-3-20-8)18-13-6-12-10(5-11(13)15)14(19)17-7-16-12/h5-9,18H,2-4,15H2,1H3,(H,16,17,19). The fraction of sp³-hybridized carbons (Fsp3) is 0.429. The Kier molecular flexibility index (Phi) is 3.31. The molecule has 0 spiro atoms. The van der Waals surface area contributed by atoms with E-state index in [0.29, 0.717) is 22.6 Å². The van der Waals surface area contributed by atoms with Gasteiger partial charge >= 0.3 is 0 Å². The van der Waals surface area contributed by atoms with E-state index in [1.165, 1.54) is 6.33 Å². The Morgan fingerprint density at radius 3 is 3.15 bits per heavy atom. The molecule has 1 saturated heterocycles. The largest absolute Gasteiger partial charge is 0.397 e. The van der Waals surface area contributed by atoms with Crippen LogP contribution in [-0.4, -0.2) is 28.7 Å². The van der Waals surface area contributed by atoms with Gasteiger partial charge in [-0.1, -0.05) is 0 Å². The average Bonchev–Trinajstić information content (AvgIpc) is 2.41. The monoisotopic (exact) mass is 274 g/mol. The lowest BCUT2D eigenvalue weighted by Gasteiger charge is -2.29. The highest BCUT2D eigenvalue weighted by Crippen LogP contribution is 2.26. The van der Waals surface area contributed by atoms with Crippen molar-refractivity contribution in [2.24, 2.45) is 0 Å². The zero-order valence-electron chi connectivity index (χ0n) is 11.3. The van der Waals surface area contributed by atoms with Crippen molar-refractivity contribution >= 4 is 22.3 Å². The first-order chi connectivity index (χ1) is 9.63. The number of nitrogens with two attached hydrogens (primary N) is 1. The summed E-state index contributed by atoms with van der Waals surface area (Å²) < 4.78 is 5.53. The lowest BCUT2D eigenvalue weighted by atomic mass is 10.0. The molecule has 4 N–H and O–H groups in total. The average molecular weight is 274 g/mol. The van der Waals surface area contributed by atoms with E-state index in [1.54, 1.807) is 6.07 Å². The minimum absolute atomic E-state index is 0.173. The number of hydrogen-bond acceptors (Lipinski definition) is 5. The van der Waals surface area contributed by atoms with Crippen molar-refractivity contribution in [2.75, 3.05) is 17.7 Å². The summed E-state index contributed by atoms with van der Waals surface area (Å²) in [5.41, 5.74) is 7.90. The van der Waals surface area contributed by atoms with E-state index in [4.69, 9.17) is 10.5 Å². The van der Waals surface area contributed by atoms with E-state index in [-0.39, 0.29) is 11.7 Å². The topological polar surface area (TPSA) is 93.0 Å². The molecule has 3 rings (SSSR count). The molecule has 1 fully saturated rings. The van der Waals surface area contributed by atoms with Gasteiger partial charge in [-0.05, 0) is 31.9 Å². The van der Waals surface area contributed by atoms with Crippen molar-refractivity contribution in [3.8, 4) is 0 Å². The third-order valence-electron chi connectivity index (χ3n) is 3.66. The van der Waals surface area contributed by atoms with Crippen LogP contribution in [0.25, 0.3) is 10.9 Å². The number of H-pyrrole nitrogens is 1. The van der Waals surface area contributed by atoms with Crippen molar-refractivity contribution in [1.29, 1.82) is 0 Å². The first-order valence-corrected chi connectivity index (χ1v) is 6.78. The Balaban J connectivity index is 1.91. The molecule has 2 aromatic rings. The molecule has 1 aliphatic heterocycles. The molecule has 1 aromatic heterocycles. The first-order valence-electron chi connectivity index (χ1n) is 6.78. The van der Waals surface area contributed by atoms with Gasteiger partial charge in [-0.2, -0.15) is 0 Å². The fourth-order valence-electron chi connectivity index (χ4n) is 2.61. The summed E-state index contributed by atoms with van der Waals surface area (Å²) >= 11 is 0. The number of aromatic amines is 1. The summed E-state index contributed by atoms with van der Waals surface area (Å²) in [7, 11) is 0. The van der Waals surface area contributed by atoms with E-state index in [0.717, 1.165) is 25.1 Å². The maximum Gasteiger partial charge on any atom is 0.258 e. The normalized spacial score (nSPS) is 22.9. The van der Waals surface area contributed by atoms with Crippen LogP contribution in [0.2, 0.25) is 0 Å². The number of nitrogen functional groups attached to an aromatic ring is 1. The Hall–Kier alpha value is -2.08. The van der Waals surface area contributed by atoms with Crippen LogP contribution in [0.1, 0.15) is 19.8 Å². The molecular weight excluding hydrogens is 256 g/mol. The molecular formula is C14H18N4O2. The van der Waals surface area contributed by atoms with E-state index >= 15 is 0 Å². The summed E-state index contributed by atoms with van der Waals surface area (Å²) in [6.45, 7) is 2.82. The number of benzene rings is 1. The smallest absolute Gasteiger partial charge is 0.258 e. The summed E-state index contributed by atoms with van der Waals surface area (Å²) in [5, 5.41) is 3.94. The second-order valence-electron chi connectivity index (χ2n) is 5.24. The van der Waals surface area contributed by atoms with Gasteiger partial charge in [-0.25, -0.2) is 4.98 Å². The molecule has 0 radical (unpaired) electrons. The number of anilines is 2. The summed E-state index contributed by atoms with van der Waals surface area (Å²) in [6, 6.07) is 3.84. The molecule has 0 bridgehead atoms. The summed E-state index contributed by atoms with van der Waals surface area (Å²) in [5.74, 6) is 0. The Labute approximate surface area is 116 Å². The molecule has 2 atom stereocenters. The van der Waals surface area contributed by atoms with E-state index in [2.05, 4.69) is 22.2 Å². The second-order valence-corrected chi connectivity index (χ2v) is 5.24. The van der Waals surface area contributed by atoms with Crippen LogP contribution in [0, 0.1) is 0 Å². The molecule has 6 heteroatoms. The minimum atomic E-state index is -0.173. The number of rotatable bonds is 2. The predicted octanol–water partition coefficient (Wildman–Crippen LogP) is 1.48. The zero-order chi connectivity index (χ0) is 14.1. The van der Waals surface area contributed by atoms with Crippen LogP contribution in [0.4, 0.5) is 11.4 Å². The summed E-state index contributed by atoms with van der Waals surface area (Å²) in [4.78, 5) is 18.4. The number of hydrogen-bond donors (Lipinski definition) is 3. The SMILES string of the molecule is CC1CC(Nc2cc3nc[nH]c(=O)c3cc2N)CCO1. The van der Waals surface area contributed by atoms with Gasteiger partial charge in [0.1, 0.15) is 0 Å². The van der Waals surface area contributed by atoms with Crippen LogP contribution in [0.3, 0.4) is 0 Å². The number of fused-ring (bicyclic) bond motifs is 1. The van der Waals surface area contributed by atoms with Crippen LogP contribution in [0.15, 0.2) is 23.3 Å². The number of aromatic nitrogens is 2. The quantitative estimate of drug-likeness (QED) is 0.721. The number of nitrogens with zero attached hydrogens (tertiary/aromatic N) is 1. The van der Waals surface area contributed by atoms with Crippen molar-refractivity contribution in [1.82, 2.24) is 9.97 Å². The van der Waals surface area contributed by atoms with Gasteiger partial charge in [0, 0.05) is 12.6 Å². The molecule has 1 aromatic carbocycles. The zero-order valence-corrected chi connectivity index (χ0v) is 11.3. The van der Waals surface area contributed by atoms with Gasteiger partial charge in [-0.3, -0.25) is 4.79 Å². The number of nitrogens with one attached hydrogen (secondary N) is 2. The molecule has 2 heterocycles. The molecule has 1 aliphatic rings. The van der Waals surface area contributed by atoms with Crippen molar-refractivity contribution < 1.29 is 4.74 Å². The van der Waals surface area contributed by atoms with E-state index < -0.39 is 0 Å². The third-order valence-corrected chi connectivity index (χ3v) is 3.66. The molecule has 0 amide bonds. The maximum absolute atomic E-state index is 11.7. The molecule has 106 valence electrons. The highest BCUT2D eigenvalue weighted by atomic mass is 16.5. The predicted molar refractivity (Wildman–Crippen MR) is 78.8 cm³/mol. The van der Waals surface area contributed by atoms with Gasteiger partial charge in [0.05, 0.1) is 34.7 Å². The van der Waals surface area contributed by atoms with Crippen molar-refractivity contribution in [3.63, 3.8) is 0 Å². The van der Waals surface area contributed by atoms with Gasteiger partial charge in [0.2, 0.25) is 0 Å². The Morgan fingerprint density at radius 1 is 1.50 bits per heavy atom. The molecule has 0 aliphatic carbocycles. The lowest BCUT2D eigenvalue weighted by Crippen LogP contribution is -2.32. The molecule has 0 saturated carbocycles. The van der Waals surface area contributed by atoms with Gasteiger partial charge in [0.15, 0.2) is 0 Å². The number of ether oxygens (including phenoxy) is 1. The lowest BCUT2D eigenvalue weighted by molar-refractivity contribution is 0.0232. The van der Waals surface area contributed by atoms with Gasteiger partial charge < -0.3 is 20.8 Å². The maximum atomic E-state index is 11.7. The second kappa shape index (κ2) is 5.13. The molecule has 2 unspecified atom stereocenters. The van der Waals surface area contributed by atoms with Crippen LogP contribution in [0.5, 0.6) is 0 Å². The van der Waals surface area contributed by atoms with E-state index in [1.807, 2.05) is 6.07 Å². The van der Waals surface area contributed by atoms with E-state index in [9.17, 15) is 4.79 Å². The van der Waals surface area contributed by atoms with Crippen molar-refractivity contribution in [3.05, 3.63) is 28.8 Å². The first kappa shape index (κ1) is 12.9. The fourth-order valence-corrected chi connectivity index (χ4v) is 2.61. The summed E-state index contributed by atoms with van der Waals surface area (Å²) in [6.07, 6.45) is 3.55. The molecule has 6 nitrogen and oxygen atoms in total. The highest BCUT2D eigenvalue weighted by Gasteiger charge is 2.20. The van der Waals surface area contributed by atoms with Crippen molar-refractivity contribution in [2.45, 2.75) is 31.9 Å². The van der Waals surface area contributed by atoms with Crippen LogP contribution >= 0.6 is 0 Å². The van der Waals surface area contributed by atoms with Gasteiger partial charge in [-0.15, -0.1) is 0 Å². The van der Waals surface area contributed by atoms with Crippen LogP contribution in [-0.2, 0) is 4.74 Å². The third kappa shape index (κ3) is 2.46. The van der Waals surface area contributed by atoms with Crippen LogP contribution < -0.4 is 16.6 Å². The highest BCUT2D eigenvalue weighted by molar-refractivity contribution is 5.88. The Bertz CT molecular complexity index is 682. The minimum Gasteiger partial charge on any atom is -0.397 e. The molecule has 20 heavy (non-hydrogen) atoms. The Morgan fingerprint density at radius 2 is 2.35 bits per heavy atom. The van der Waals surface area contributed by atoms with Gasteiger partial charge in [0.25, 0.3) is 5.56 Å².